The van der Waals surface area contributed by atoms with Crippen molar-refractivity contribution < 1.29 is 0 Å². The number of hydrogen-bond donors (Lipinski definition) is 0. The predicted molar refractivity (Wildman–Crippen MR) is 143 cm³/mol. The number of fused-ring (bicyclic) bond motifs is 3. The maximum absolute atomic E-state index is 6.83. The molecule has 33 heavy (non-hydrogen) atoms. The Balaban J connectivity index is 1.64. The van der Waals surface area contributed by atoms with Gasteiger partial charge < -0.3 is 0 Å². The van der Waals surface area contributed by atoms with Gasteiger partial charge in [-0.1, -0.05) is 127 Å². The Kier molecular flexibility index (Phi) is 4.94. The molecule has 0 fully saturated rings. The van der Waals surface area contributed by atoms with Gasteiger partial charge in [-0.3, -0.25) is 0 Å². The molecule has 0 N–H and O–H groups in total. The second-order valence-corrected chi connectivity index (χ2v) is 8.71. The third-order valence-corrected chi connectivity index (χ3v) is 6.65. The van der Waals surface area contributed by atoms with Crippen LogP contribution in [-0.2, 0) is 0 Å². The quantitative estimate of drug-likeness (QED) is 0.240. The van der Waals surface area contributed by atoms with E-state index >= 15 is 0 Å². The highest BCUT2D eigenvalue weighted by Crippen LogP contribution is 2.44. The van der Waals surface area contributed by atoms with Gasteiger partial charge in [0.25, 0.3) is 0 Å². The number of rotatable bonds is 3. The molecule has 0 aromatic heterocycles. The van der Waals surface area contributed by atoms with Crippen LogP contribution >= 0.6 is 11.6 Å². The van der Waals surface area contributed by atoms with Gasteiger partial charge in [0.2, 0.25) is 0 Å². The first kappa shape index (κ1) is 19.8. The molecule has 0 bridgehead atoms. The highest BCUT2D eigenvalue weighted by atomic mass is 35.5. The minimum Gasteiger partial charge on any atom is -0.0836 e. The SMILES string of the molecule is Clc1ccc(-c2ccc3c(ccc4ccccc43)c2)c(-c2ccccc2)c1-c1ccccc1. The third-order valence-electron chi connectivity index (χ3n) is 6.34. The summed E-state index contributed by atoms with van der Waals surface area (Å²) >= 11 is 6.83. The normalized spacial score (nSPS) is 11.2. The van der Waals surface area contributed by atoms with Crippen LogP contribution in [0.25, 0.3) is 54.9 Å². The lowest BCUT2D eigenvalue weighted by Gasteiger charge is -2.18. The van der Waals surface area contributed by atoms with Gasteiger partial charge in [0, 0.05) is 10.6 Å². The lowest BCUT2D eigenvalue weighted by Crippen LogP contribution is -1.92. The van der Waals surface area contributed by atoms with Crippen LogP contribution in [-0.4, -0.2) is 0 Å². The van der Waals surface area contributed by atoms with E-state index < -0.39 is 0 Å². The van der Waals surface area contributed by atoms with Crippen LogP contribution in [0.2, 0.25) is 5.02 Å². The Morgan fingerprint density at radius 2 is 1.00 bits per heavy atom. The molecule has 156 valence electrons. The molecule has 0 nitrogen and oxygen atoms in total. The molecule has 6 aromatic carbocycles. The van der Waals surface area contributed by atoms with Crippen LogP contribution in [0.5, 0.6) is 0 Å². The number of halogens is 1. The molecule has 6 rings (SSSR count). The average Bonchev–Trinajstić information content (AvgIpc) is 2.89. The first-order valence-electron chi connectivity index (χ1n) is 11.1. The largest absolute Gasteiger partial charge is 0.0836 e. The van der Waals surface area contributed by atoms with Crippen molar-refractivity contribution in [1.29, 1.82) is 0 Å². The van der Waals surface area contributed by atoms with E-state index in [1.54, 1.807) is 0 Å². The minimum atomic E-state index is 0.760. The summed E-state index contributed by atoms with van der Waals surface area (Å²) in [5, 5.41) is 5.82. The maximum atomic E-state index is 6.83. The standard InChI is InChI=1S/C32H21Cl/c33-30-20-19-29(26-17-18-28-25(21-26)16-15-22-9-7-8-14-27(22)28)31(23-10-3-1-4-11-23)32(30)24-12-5-2-6-13-24/h1-21H. The zero-order valence-corrected chi connectivity index (χ0v) is 18.8. The highest BCUT2D eigenvalue weighted by Gasteiger charge is 2.17. The van der Waals surface area contributed by atoms with Gasteiger partial charge in [-0.25, -0.2) is 0 Å². The second kappa shape index (κ2) is 8.24. The summed E-state index contributed by atoms with van der Waals surface area (Å²) in [6, 6.07) is 44.9. The van der Waals surface area contributed by atoms with Gasteiger partial charge in [-0.05, 0) is 61.5 Å². The molecule has 1 heteroatoms. The molecule has 0 radical (unpaired) electrons. The zero-order valence-electron chi connectivity index (χ0n) is 18.0. The predicted octanol–water partition coefficient (Wildman–Crippen LogP) is 9.65. The molecule has 0 saturated carbocycles. The van der Waals surface area contributed by atoms with Crippen molar-refractivity contribution in [2.45, 2.75) is 0 Å². The van der Waals surface area contributed by atoms with Crippen LogP contribution in [0, 0.1) is 0 Å². The highest BCUT2D eigenvalue weighted by molar-refractivity contribution is 6.34. The summed E-state index contributed by atoms with van der Waals surface area (Å²) in [4.78, 5) is 0. The molecule has 0 atom stereocenters. The maximum Gasteiger partial charge on any atom is 0.0491 e. The summed E-state index contributed by atoms with van der Waals surface area (Å²) in [7, 11) is 0. The van der Waals surface area contributed by atoms with E-state index in [-0.39, 0.29) is 0 Å². The van der Waals surface area contributed by atoms with Gasteiger partial charge in [0.05, 0.1) is 0 Å². The summed E-state index contributed by atoms with van der Waals surface area (Å²) in [6.07, 6.45) is 0. The number of benzene rings is 6. The summed E-state index contributed by atoms with van der Waals surface area (Å²) in [5.41, 5.74) is 6.88. The summed E-state index contributed by atoms with van der Waals surface area (Å²) in [5.74, 6) is 0. The van der Waals surface area contributed by atoms with E-state index in [0.717, 1.165) is 27.3 Å². The molecule has 0 unspecified atom stereocenters. The fraction of sp³-hybridized carbons (Fsp3) is 0. The van der Waals surface area contributed by atoms with Crippen molar-refractivity contribution in [2.75, 3.05) is 0 Å². The molecule has 0 aliphatic heterocycles. The van der Waals surface area contributed by atoms with Crippen molar-refractivity contribution in [3.8, 4) is 33.4 Å². The van der Waals surface area contributed by atoms with Gasteiger partial charge in [-0.2, -0.15) is 0 Å². The third kappa shape index (κ3) is 3.50. The van der Waals surface area contributed by atoms with Crippen LogP contribution in [0.3, 0.4) is 0 Å². The fourth-order valence-electron chi connectivity index (χ4n) is 4.79. The monoisotopic (exact) mass is 440 g/mol. The Bertz CT molecular complexity index is 1600. The second-order valence-electron chi connectivity index (χ2n) is 8.30. The Morgan fingerprint density at radius 1 is 0.394 bits per heavy atom. The van der Waals surface area contributed by atoms with Crippen LogP contribution in [0.4, 0.5) is 0 Å². The van der Waals surface area contributed by atoms with Gasteiger partial charge in [0.1, 0.15) is 0 Å². The first-order valence-corrected chi connectivity index (χ1v) is 11.5. The van der Waals surface area contributed by atoms with E-state index in [0.29, 0.717) is 0 Å². The molecular weight excluding hydrogens is 420 g/mol. The van der Waals surface area contributed by atoms with Crippen molar-refractivity contribution in [3.63, 3.8) is 0 Å². The van der Waals surface area contributed by atoms with Gasteiger partial charge in [0.15, 0.2) is 0 Å². The van der Waals surface area contributed by atoms with Crippen LogP contribution < -0.4 is 0 Å². The van der Waals surface area contributed by atoms with Crippen molar-refractivity contribution in [2.24, 2.45) is 0 Å². The molecule has 0 aliphatic rings. The Labute approximate surface area is 198 Å². The number of hydrogen-bond acceptors (Lipinski definition) is 0. The molecule has 0 saturated heterocycles. The molecule has 0 spiro atoms. The van der Waals surface area contributed by atoms with Gasteiger partial charge >= 0.3 is 0 Å². The van der Waals surface area contributed by atoms with E-state index in [2.05, 4.69) is 115 Å². The summed E-state index contributed by atoms with van der Waals surface area (Å²) < 4.78 is 0. The molecular formula is C32H21Cl. The zero-order chi connectivity index (χ0) is 22.2. The molecule has 0 amide bonds. The molecule has 0 heterocycles. The van der Waals surface area contributed by atoms with Crippen LogP contribution in [0.15, 0.2) is 127 Å². The smallest absolute Gasteiger partial charge is 0.0491 e. The lowest BCUT2D eigenvalue weighted by molar-refractivity contribution is 1.56. The van der Waals surface area contributed by atoms with E-state index in [9.17, 15) is 0 Å². The molecule has 6 aromatic rings. The fourth-order valence-corrected chi connectivity index (χ4v) is 5.06. The first-order chi connectivity index (χ1) is 16.3. The lowest BCUT2D eigenvalue weighted by atomic mass is 9.87. The van der Waals surface area contributed by atoms with Crippen molar-refractivity contribution in [1.82, 2.24) is 0 Å². The van der Waals surface area contributed by atoms with E-state index in [1.807, 2.05) is 12.1 Å². The Hall–Kier alpha value is -3.87. The minimum absolute atomic E-state index is 0.760. The average molecular weight is 441 g/mol. The van der Waals surface area contributed by atoms with Crippen molar-refractivity contribution >= 4 is 33.1 Å². The topological polar surface area (TPSA) is 0 Å². The van der Waals surface area contributed by atoms with Gasteiger partial charge in [-0.15, -0.1) is 0 Å². The molecule has 0 aliphatic carbocycles. The van der Waals surface area contributed by atoms with E-state index in [4.69, 9.17) is 11.6 Å². The van der Waals surface area contributed by atoms with E-state index in [1.165, 1.54) is 32.7 Å². The van der Waals surface area contributed by atoms with Crippen LogP contribution in [0.1, 0.15) is 0 Å². The van der Waals surface area contributed by atoms with Crippen molar-refractivity contribution in [3.05, 3.63) is 132 Å². The Morgan fingerprint density at radius 3 is 1.76 bits per heavy atom. The summed E-state index contributed by atoms with van der Waals surface area (Å²) in [6.45, 7) is 0.